The smallest absolute Gasteiger partial charge is 0.292 e. The molecule has 0 saturated carbocycles. The van der Waals surface area contributed by atoms with Crippen molar-refractivity contribution in [2.75, 3.05) is 32.3 Å². The van der Waals surface area contributed by atoms with Gasteiger partial charge in [-0.2, -0.15) is 0 Å². The summed E-state index contributed by atoms with van der Waals surface area (Å²) in [6, 6.07) is 7.18. The fourth-order valence-corrected chi connectivity index (χ4v) is 4.92. The lowest BCUT2D eigenvalue weighted by Crippen LogP contribution is -2.50. The molecule has 2 amide bonds. The summed E-state index contributed by atoms with van der Waals surface area (Å²) in [6.45, 7) is 5.96. The number of aromatic nitrogens is 3. The zero-order chi connectivity index (χ0) is 24.6. The molecule has 176 valence electrons. The van der Waals surface area contributed by atoms with Gasteiger partial charge in [-0.25, -0.2) is 15.0 Å². The summed E-state index contributed by atoms with van der Waals surface area (Å²) >= 11 is 0. The van der Waals surface area contributed by atoms with E-state index in [4.69, 9.17) is 4.74 Å². The van der Waals surface area contributed by atoms with Crippen LogP contribution in [0.3, 0.4) is 0 Å². The van der Waals surface area contributed by atoms with Crippen molar-refractivity contribution in [3.8, 4) is 17.0 Å². The number of benzene rings is 1. The van der Waals surface area contributed by atoms with Crippen molar-refractivity contribution in [3.63, 3.8) is 0 Å². The van der Waals surface area contributed by atoms with Gasteiger partial charge in [0.1, 0.15) is 12.6 Å². The molecule has 0 bridgehead atoms. The van der Waals surface area contributed by atoms with E-state index in [0.717, 1.165) is 22.0 Å². The molecule has 0 saturated heterocycles. The van der Waals surface area contributed by atoms with E-state index < -0.39 is 11.9 Å². The van der Waals surface area contributed by atoms with Gasteiger partial charge in [-0.05, 0) is 54.4 Å². The Hall–Kier alpha value is -2.95. The number of fused-ring (bicyclic) bond motifs is 1. The van der Waals surface area contributed by atoms with Crippen LogP contribution in [0.1, 0.15) is 21.7 Å². The molecule has 0 N–H and O–H groups in total. The number of aryl methyl sites for hydroxylation is 2. The Kier molecular flexibility index (Phi) is 6.92. The molecular formula is C24H27N5O3P2. The lowest BCUT2D eigenvalue weighted by Gasteiger charge is -2.27. The molecule has 8 nitrogen and oxygen atoms in total. The van der Waals surface area contributed by atoms with Gasteiger partial charge in [-0.3, -0.25) is 14.5 Å². The maximum Gasteiger partial charge on any atom is 0.292 e. The molecule has 3 heterocycles. The Morgan fingerprint density at radius 2 is 2.00 bits per heavy atom. The lowest BCUT2D eigenvalue weighted by molar-refractivity contribution is -0.123. The number of carbonyl (C=O) groups excluding carboxylic acids is 2. The Balaban J connectivity index is 1.63. The number of anilines is 1. The van der Waals surface area contributed by atoms with Crippen LogP contribution < -0.4 is 20.2 Å². The van der Waals surface area contributed by atoms with Crippen molar-refractivity contribution in [2.45, 2.75) is 19.9 Å². The Morgan fingerprint density at radius 3 is 2.71 bits per heavy atom. The van der Waals surface area contributed by atoms with Gasteiger partial charge in [0.05, 0.1) is 5.69 Å². The SMILES string of the molecule is CPc1ccc(-c2nc(C(=O)N(C)[C@H]3COc4cc(C)cnc4N(C)C3=O)ncc2C)c(P)c1. The van der Waals surface area contributed by atoms with Crippen molar-refractivity contribution in [2.24, 2.45) is 0 Å². The second-order valence-electron chi connectivity index (χ2n) is 8.25. The summed E-state index contributed by atoms with van der Waals surface area (Å²) < 4.78 is 5.88. The minimum atomic E-state index is -0.845. The summed E-state index contributed by atoms with van der Waals surface area (Å²) in [5.74, 6) is 0.222. The number of hydrogen-bond donors (Lipinski definition) is 0. The van der Waals surface area contributed by atoms with Crippen LogP contribution in [0.25, 0.3) is 11.3 Å². The molecule has 0 fully saturated rings. The predicted molar refractivity (Wildman–Crippen MR) is 139 cm³/mol. The van der Waals surface area contributed by atoms with Crippen molar-refractivity contribution in [3.05, 3.63) is 53.6 Å². The molecule has 3 aromatic rings. The van der Waals surface area contributed by atoms with Crippen LogP contribution in [-0.2, 0) is 4.79 Å². The number of likely N-dealkylation sites (N-methyl/N-ethyl adjacent to an activating group) is 2. The van der Waals surface area contributed by atoms with E-state index in [0.29, 0.717) is 25.8 Å². The van der Waals surface area contributed by atoms with Crippen molar-refractivity contribution in [1.82, 2.24) is 19.9 Å². The largest absolute Gasteiger partial charge is 0.487 e. The third-order valence-corrected chi connectivity index (χ3v) is 7.21. The second kappa shape index (κ2) is 9.73. The highest BCUT2D eigenvalue weighted by Crippen LogP contribution is 2.30. The first-order chi connectivity index (χ1) is 16.2. The van der Waals surface area contributed by atoms with Gasteiger partial charge >= 0.3 is 0 Å². The second-order valence-corrected chi connectivity index (χ2v) is 9.95. The fourth-order valence-electron chi connectivity index (χ4n) is 3.79. The van der Waals surface area contributed by atoms with E-state index in [1.165, 1.54) is 15.1 Å². The van der Waals surface area contributed by atoms with Crippen LogP contribution in [0.4, 0.5) is 5.82 Å². The van der Waals surface area contributed by atoms with E-state index in [1.54, 1.807) is 26.5 Å². The molecule has 1 aromatic carbocycles. The highest BCUT2D eigenvalue weighted by Gasteiger charge is 2.36. The van der Waals surface area contributed by atoms with Gasteiger partial charge in [0.25, 0.3) is 11.8 Å². The molecule has 4 rings (SSSR count). The maximum atomic E-state index is 13.4. The number of hydrogen-bond acceptors (Lipinski definition) is 6. The Labute approximate surface area is 203 Å². The predicted octanol–water partition coefficient (Wildman–Crippen LogP) is 2.09. The number of carbonyl (C=O) groups is 2. The van der Waals surface area contributed by atoms with Crippen LogP contribution in [0.5, 0.6) is 5.75 Å². The van der Waals surface area contributed by atoms with E-state index in [2.05, 4.69) is 43.0 Å². The molecule has 0 radical (unpaired) electrons. The average molecular weight is 495 g/mol. The van der Waals surface area contributed by atoms with Crippen molar-refractivity contribution >= 4 is 46.1 Å². The van der Waals surface area contributed by atoms with Crippen molar-refractivity contribution < 1.29 is 14.3 Å². The number of pyridine rings is 1. The summed E-state index contributed by atoms with van der Waals surface area (Å²) in [7, 11) is 6.64. The number of amides is 2. The minimum absolute atomic E-state index is 0.0112. The van der Waals surface area contributed by atoms with E-state index in [-0.39, 0.29) is 18.3 Å². The molecular weight excluding hydrogens is 468 g/mol. The molecule has 10 heteroatoms. The first kappa shape index (κ1) is 24.2. The first-order valence-corrected chi connectivity index (χ1v) is 12.8. The molecule has 3 atom stereocenters. The molecule has 0 aliphatic carbocycles. The topological polar surface area (TPSA) is 88.5 Å². The Morgan fingerprint density at radius 1 is 1.24 bits per heavy atom. The maximum absolute atomic E-state index is 13.4. The lowest BCUT2D eigenvalue weighted by atomic mass is 10.1. The van der Waals surface area contributed by atoms with E-state index in [9.17, 15) is 9.59 Å². The summed E-state index contributed by atoms with van der Waals surface area (Å²) in [5, 5.41) is 2.26. The third kappa shape index (κ3) is 4.53. The van der Waals surface area contributed by atoms with Crippen LogP contribution in [-0.4, -0.2) is 65.1 Å². The van der Waals surface area contributed by atoms with E-state index in [1.807, 2.05) is 26.0 Å². The zero-order valence-electron chi connectivity index (χ0n) is 19.8. The minimum Gasteiger partial charge on any atom is -0.487 e. The monoisotopic (exact) mass is 495 g/mol. The van der Waals surface area contributed by atoms with Gasteiger partial charge in [0.2, 0.25) is 5.82 Å². The normalized spacial score (nSPS) is 15.8. The number of rotatable bonds is 4. The first-order valence-electron chi connectivity index (χ1n) is 10.8. The van der Waals surface area contributed by atoms with Gasteiger partial charge < -0.3 is 9.64 Å². The summed E-state index contributed by atoms with van der Waals surface area (Å²) in [5.41, 5.74) is 3.40. The summed E-state index contributed by atoms with van der Waals surface area (Å²) in [6.07, 6.45) is 3.32. The number of ether oxygens (including phenoxy) is 1. The molecule has 0 spiro atoms. The molecule has 2 aromatic heterocycles. The van der Waals surface area contributed by atoms with Gasteiger partial charge in [-0.1, -0.05) is 20.7 Å². The summed E-state index contributed by atoms with van der Waals surface area (Å²) in [4.78, 5) is 42.5. The molecule has 1 aliphatic rings. The molecule has 34 heavy (non-hydrogen) atoms. The van der Waals surface area contributed by atoms with Gasteiger partial charge in [0, 0.05) is 32.1 Å². The van der Waals surface area contributed by atoms with Crippen molar-refractivity contribution in [1.29, 1.82) is 0 Å². The quantitative estimate of drug-likeness (QED) is 0.515. The van der Waals surface area contributed by atoms with E-state index >= 15 is 0 Å². The average Bonchev–Trinajstić information content (AvgIpc) is 2.94. The van der Waals surface area contributed by atoms with Crippen LogP contribution in [0, 0.1) is 13.8 Å². The highest BCUT2D eigenvalue weighted by atomic mass is 31.1. The standard InChI is InChI=1S/C24H27N5O3P2/c1-13-8-18-22(26-10-13)29(4)23(30)17(12-32-18)28(3)24(31)21-25-11-14(2)20(27-21)16-7-6-15(34-5)9-19(16)33/h6-11,17,34H,12,33H2,1-5H3/t17-/m0/s1. The highest BCUT2D eigenvalue weighted by molar-refractivity contribution is 7.46. The fraction of sp³-hybridized carbons (Fsp3) is 0.292. The molecule has 1 aliphatic heterocycles. The van der Waals surface area contributed by atoms with Gasteiger partial charge in [-0.15, -0.1) is 9.24 Å². The van der Waals surface area contributed by atoms with Crippen LogP contribution in [0.15, 0.2) is 36.7 Å². The zero-order valence-corrected chi connectivity index (χ0v) is 21.9. The third-order valence-electron chi connectivity index (χ3n) is 5.85. The number of nitrogens with zero attached hydrogens (tertiary/aromatic N) is 5. The van der Waals surface area contributed by atoms with Crippen LogP contribution >= 0.6 is 17.8 Å². The Bertz CT molecular complexity index is 1280. The molecule has 2 unspecified atom stereocenters. The van der Waals surface area contributed by atoms with Crippen LogP contribution in [0.2, 0.25) is 0 Å². The van der Waals surface area contributed by atoms with Gasteiger partial charge in [0.15, 0.2) is 11.6 Å².